The molecule has 1 aliphatic rings. The summed E-state index contributed by atoms with van der Waals surface area (Å²) >= 11 is 5.90. The fourth-order valence-electron chi connectivity index (χ4n) is 2.48. The van der Waals surface area contributed by atoms with E-state index in [0.717, 1.165) is 5.69 Å². The molecular weight excluding hydrogens is 332 g/mol. The second kappa shape index (κ2) is 6.16. The van der Waals surface area contributed by atoms with Crippen LogP contribution < -0.4 is 15.4 Å². The van der Waals surface area contributed by atoms with Crippen LogP contribution in [0.1, 0.15) is 19.5 Å². The molecule has 0 radical (unpaired) electrons. The fraction of sp³-hybridized carbons (Fsp3) is 0.312. The number of nitrogens with zero attached hydrogens (tertiary/aromatic N) is 2. The van der Waals surface area contributed by atoms with E-state index in [-0.39, 0.29) is 6.54 Å². The third-order valence-electron chi connectivity index (χ3n) is 3.90. The first-order valence-electron chi connectivity index (χ1n) is 7.53. The van der Waals surface area contributed by atoms with Crippen molar-refractivity contribution in [3.63, 3.8) is 0 Å². The van der Waals surface area contributed by atoms with Gasteiger partial charge >= 0.3 is 0 Å². The summed E-state index contributed by atoms with van der Waals surface area (Å²) in [5.41, 5.74) is -0.363. The van der Waals surface area contributed by atoms with Gasteiger partial charge in [-0.25, -0.2) is 0 Å². The van der Waals surface area contributed by atoms with E-state index >= 15 is 0 Å². The molecule has 0 bridgehead atoms. The van der Waals surface area contributed by atoms with Gasteiger partial charge in [-0.1, -0.05) is 11.6 Å². The first kappa shape index (κ1) is 16.3. The lowest BCUT2D eigenvalue weighted by atomic mass is 10.0. The van der Waals surface area contributed by atoms with Gasteiger partial charge in [-0.05, 0) is 38.1 Å². The maximum Gasteiger partial charge on any atom is 0.278 e. The van der Waals surface area contributed by atoms with Crippen LogP contribution in [0, 0.1) is 0 Å². The van der Waals surface area contributed by atoms with Crippen molar-refractivity contribution in [2.75, 3.05) is 5.32 Å². The number of nitrogens with one attached hydrogen (secondary N) is 2. The van der Waals surface area contributed by atoms with Crippen molar-refractivity contribution in [3.05, 3.63) is 41.2 Å². The molecule has 0 spiro atoms. The van der Waals surface area contributed by atoms with Gasteiger partial charge in [0.05, 0.1) is 17.9 Å². The molecule has 0 unspecified atom stereocenters. The number of ether oxygens (including phenoxy) is 1. The van der Waals surface area contributed by atoms with Crippen LogP contribution in [-0.4, -0.2) is 27.2 Å². The van der Waals surface area contributed by atoms with E-state index in [9.17, 15) is 9.59 Å². The number of hydrogen-bond acceptors (Lipinski definition) is 4. The van der Waals surface area contributed by atoms with E-state index in [1.54, 1.807) is 29.1 Å². The number of aryl methyl sites for hydroxylation is 1. The average molecular weight is 349 g/mol. The Balaban J connectivity index is 1.76. The first-order valence-corrected chi connectivity index (χ1v) is 7.91. The van der Waals surface area contributed by atoms with Crippen LogP contribution in [0.5, 0.6) is 5.75 Å². The number of halogens is 1. The summed E-state index contributed by atoms with van der Waals surface area (Å²) in [5, 5.41) is 10.0. The molecule has 1 aliphatic heterocycles. The number of benzene rings is 1. The Morgan fingerprint density at radius 1 is 1.46 bits per heavy atom. The minimum atomic E-state index is -1.65. The summed E-state index contributed by atoms with van der Waals surface area (Å²) in [6.45, 7) is 4.35. The molecule has 0 saturated heterocycles. The molecule has 0 aliphatic carbocycles. The van der Waals surface area contributed by atoms with Crippen LogP contribution >= 0.6 is 11.6 Å². The Morgan fingerprint density at radius 2 is 2.25 bits per heavy atom. The summed E-state index contributed by atoms with van der Waals surface area (Å²) in [6, 6.07) is 6.64. The first-order chi connectivity index (χ1) is 11.4. The Bertz CT molecular complexity index is 804. The van der Waals surface area contributed by atoms with Crippen molar-refractivity contribution in [3.8, 4) is 5.75 Å². The number of hydrogen-bond donors (Lipinski definition) is 2. The molecule has 1 aromatic carbocycles. The monoisotopic (exact) mass is 348 g/mol. The number of rotatable bonds is 4. The standard InChI is InChI=1S/C16H17ClN4O3/c1-3-21-11(6-7-19-21)9-18-14(22)16(2)15(23)20-12-8-10(17)4-5-13(12)24-16/h4-8H,3,9H2,1-2H3,(H,18,22)(H,20,23)/t16-/m1/s1. The van der Waals surface area contributed by atoms with E-state index in [2.05, 4.69) is 15.7 Å². The van der Waals surface area contributed by atoms with Crippen molar-refractivity contribution in [2.45, 2.75) is 32.5 Å². The third-order valence-corrected chi connectivity index (χ3v) is 4.14. The molecule has 24 heavy (non-hydrogen) atoms. The molecule has 7 nitrogen and oxygen atoms in total. The minimum Gasteiger partial charge on any atom is -0.466 e. The lowest BCUT2D eigenvalue weighted by Gasteiger charge is -2.33. The summed E-state index contributed by atoms with van der Waals surface area (Å²) < 4.78 is 7.44. The van der Waals surface area contributed by atoms with Crippen LogP contribution in [0.25, 0.3) is 0 Å². The van der Waals surface area contributed by atoms with Gasteiger partial charge in [-0.2, -0.15) is 5.10 Å². The van der Waals surface area contributed by atoms with Gasteiger partial charge in [0.15, 0.2) is 0 Å². The predicted octanol–water partition coefficient (Wildman–Crippen LogP) is 1.96. The highest BCUT2D eigenvalue weighted by Gasteiger charge is 2.47. The number of amides is 2. The van der Waals surface area contributed by atoms with Crippen molar-refractivity contribution in [1.82, 2.24) is 15.1 Å². The maximum atomic E-state index is 12.5. The van der Waals surface area contributed by atoms with E-state index in [0.29, 0.717) is 23.0 Å². The van der Waals surface area contributed by atoms with E-state index in [1.165, 1.54) is 6.92 Å². The fourth-order valence-corrected chi connectivity index (χ4v) is 2.65. The van der Waals surface area contributed by atoms with Gasteiger partial charge < -0.3 is 15.4 Å². The zero-order valence-electron chi connectivity index (χ0n) is 13.3. The summed E-state index contributed by atoms with van der Waals surface area (Å²) in [4.78, 5) is 24.9. The van der Waals surface area contributed by atoms with Gasteiger partial charge in [0.25, 0.3) is 17.4 Å². The molecular formula is C16H17ClN4O3. The van der Waals surface area contributed by atoms with Gasteiger partial charge in [0.1, 0.15) is 5.75 Å². The van der Waals surface area contributed by atoms with Gasteiger partial charge in [0, 0.05) is 17.8 Å². The van der Waals surface area contributed by atoms with Crippen molar-refractivity contribution < 1.29 is 14.3 Å². The minimum absolute atomic E-state index is 0.256. The molecule has 3 rings (SSSR count). The third kappa shape index (κ3) is 2.82. The highest BCUT2D eigenvalue weighted by Crippen LogP contribution is 2.35. The Morgan fingerprint density at radius 3 is 3.00 bits per heavy atom. The average Bonchev–Trinajstić information content (AvgIpc) is 3.01. The van der Waals surface area contributed by atoms with E-state index < -0.39 is 17.4 Å². The van der Waals surface area contributed by atoms with Crippen LogP contribution in [0.4, 0.5) is 5.69 Å². The molecule has 2 aromatic rings. The van der Waals surface area contributed by atoms with Crippen molar-refractivity contribution >= 4 is 29.1 Å². The Kier molecular flexibility index (Phi) is 4.19. The van der Waals surface area contributed by atoms with Crippen molar-refractivity contribution in [2.24, 2.45) is 0 Å². The molecule has 8 heteroatoms. The Hall–Kier alpha value is -2.54. The topological polar surface area (TPSA) is 85.2 Å². The van der Waals surface area contributed by atoms with E-state index in [4.69, 9.17) is 16.3 Å². The van der Waals surface area contributed by atoms with Crippen LogP contribution in [-0.2, 0) is 22.7 Å². The zero-order chi connectivity index (χ0) is 17.3. The number of carbonyl (C=O) groups is 2. The summed E-state index contributed by atoms with van der Waals surface area (Å²) in [5.74, 6) is -0.668. The van der Waals surface area contributed by atoms with Crippen LogP contribution in [0.2, 0.25) is 5.02 Å². The molecule has 2 N–H and O–H groups in total. The molecule has 0 fully saturated rings. The molecule has 1 aromatic heterocycles. The van der Waals surface area contributed by atoms with Crippen molar-refractivity contribution in [1.29, 1.82) is 0 Å². The van der Waals surface area contributed by atoms with Crippen LogP contribution in [0.3, 0.4) is 0 Å². The normalized spacial score (nSPS) is 19.2. The van der Waals surface area contributed by atoms with Gasteiger partial charge in [-0.3, -0.25) is 14.3 Å². The number of fused-ring (bicyclic) bond motifs is 1. The smallest absolute Gasteiger partial charge is 0.278 e. The Labute approximate surface area is 143 Å². The second-order valence-electron chi connectivity index (χ2n) is 5.55. The highest BCUT2D eigenvalue weighted by molar-refractivity contribution is 6.31. The van der Waals surface area contributed by atoms with Crippen LogP contribution in [0.15, 0.2) is 30.5 Å². The molecule has 2 heterocycles. The predicted molar refractivity (Wildman–Crippen MR) is 88.9 cm³/mol. The second-order valence-corrected chi connectivity index (χ2v) is 5.99. The largest absolute Gasteiger partial charge is 0.466 e. The quantitative estimate of drug-likeness (QED) is 0.827. The van der Waals surface area contributed by atoms with Gasteiger partial charge in [-0.15, -0.1) is 0 Å². The number of aromatic nitrogens is 2. The maximum absolute atomic E-state index is 12.5. The number of carbonyl (C=O) groups excluding carboxylic acids is 2. The SMILES string of the molecule is CCn1nccc1CNC(=O)[C@@]1(C)Oc2ccc(Cl)cc2NC1=O. The molecule has 126 valence electrons. The summed E-state index contributed by atoms with van der Waals surface area (Å²) in [7, 11) is 0. The molecule has 2 amide bonds. The molecule has 0 saturated carbocycles. The summed E-state index contributed by atoms with van der Waals surface area (Å²) in [6.07, 6.45) is 1.66. The lowest BCUT2D eigenvalue weighted by Crippen LogP contribution is -2.58. The molecule has 1 atom stereocenters. The van der Waals surface area contributed by atoms with E-state index in [1.807, 2.05) is 13.0 Å². The highest BCUT2D eigenvalue weighted by atomic mass is 35.5. The number of anilines is 1. The zero-order valence-corrected chi connectivity index (χ0v) is 14.1. The van der Waals surface area contributed by atoms with Gasteiger partial charge in [0.2, 0.25) is 0 Å². The lowest BCUT2D eigenvalue weighted by molar-refractivity contribution is -0.146.